The molecule has 158 valence electrons. The summed E-state index contributed by atoms with van der Waals surface area (Å²) in [6.45, 7) is 5.72. The van der Waals surface area contributed by atoms with Crippen LogP contribution in [0.4, 0.5) is 5.69 Å². The first-order valence-electron chi connectivity index (χ1n) is 9.71. The van der Waals surface area contributed by atoms with E-state index >= 15 is 0 Å². The van der Waals surface area contributed by atoms with Gasteiger partial charge in [-0.05, 0) is 49.6 Å². The summed E-state index contributed by atoms with van der Waals surface area (Å²) in [5.74, 6) is 0.421. The molecule has 0 radical (unpaired) electrons. The molecule has 6 nitrogen and oxygen atoms in total. The van der Waals surface area contributed by atoms with Gasteiger partial charge < -0.3 is 10.1 Å². The van der Waals surface area contributed by atoms with Crippen LogP contribution >= 0.6 is 0 Å². The van der Waals surface area contributed by atoms with E-state index < -0.39 is 16.1 Å². The lowest BCUT2D eigenvalue weighted by Crippen LogP contribution is -2.50. The molecule has 0 bridgehead atoms. The smallest absolute Gasteiger partial charge is 0.244 e. The molecule has 0 fully saturated rings. The number of rotatable bonds is 9. The lowest BCUT2D eigenvalue weighted by molar-refractivity contribution is -0.123. The maximum Gasteiger partial charge on any atom is 0.244 e. The quantitative estimate of drug-likeness (QED) is 0.672. The van der Waals surface area contributed by atoms with Crippen LogP contribution in [0.15, 0.2) is 48.5 Å². The molecule has 1 N–H and O–H groups in total. The van der Waals surface area contributed by atoms with E-state index in [1.165, 1.54) is 4.31 Å². The number of carbonyl (C=O) groups excluding carboxylic acids is 1. The third-order valence-corrected chi connectivity index (χ3v) is 6.04. The minimum Gasteiger partial charge on any atom is -0.497 e. The highest BCUT2D eigenvalue weighted by molar-refractivity contribution is 7.92. The van der Waals surface area contributed by atoms with Crippen molar-refractivity contribution >= 4 is 21.6 Å². The molecule has 0 spiro atoms. The summed E-state index contributed by atoms with van der Waals surface area (Å²) in [6, 6.07) is 13.6. The van der Waals surface area contributed by atoms with E-state index in [2.05, 4.69) is 5.32 Å². The molecule has 0 saturated heterocycles. The molecule has 2 rings (SSSR count). The normalized spacial score (nSPS) is 13.4. The Kier molecular flexibility index (Phi) is 7.67. The molecule has 0 heterocycles. The number of hydrogen-bond acceptors (Lipinski definition) is 4. The fourth-order valence-electron chi connectivity index (χ4n) is 3.28. The average Bonchev–Trinajstić information content (AvgIpc) is 2.70. The molecule has 2 aromatic rings. The first kappa shape index (κ1) is 22.7. The van der Waals surface area contributed by atoms with Gasteiger partial charge in [0.2, 0.25) is 15.9 Å². The van der Waals surface area contributed by atoms with Gasteiger partial charge in [0, 0.05) is 0 Å². The molecule has 0 saturated carbocycles. The number of ether oxygens (including phenoxy) is 1. The number of anilines is 1. The van der Waals surface area contributed by atoms with Crippen LogP contribution in [-0.4, -0.2) is 33.7 Å². The summed E-state index contributed by atoms with van der Waals surface area (Å²) in [5, 5.41) is 3.02. The van der Waals surface area contributed by atoms with Crippen molar-refractivity contribution in [3.8, 4) is 5.75 Å². The monoisotopic (exact) mass is 418 g/mol. The number of amides is 1. The largest absolute Gasteiger partial charge is 0.497 e. The first-order valence-corrected chi connectivity index (χ1v) is 11.6. The minimum atomic E-state index is -3.65. The number of benzene rings is 2. The Labute approximate surface area is 173 Å². The van der Waals surface area contributed by atoms with Gasteiger partial charge in [0.05, 0.1) is 25.1 Å². The lowest BCUT2D eigenvalue weighted by Gasteiger charge is -2.31. The second kappa shape index (κ2) is 9.78. The molecule has 0 aliphatic rings. The Morgan fingerprint density at radius 2 is 1.62 bits per heavy atom. The molecular formula is C22H30N2O4S. The molecule has 0 aromatic heterocycles. The maximum atomic E-state index is 13.1. The number of hydrogen-bond donors (Lipinski definition) is 1. The Morgan fingerprint density at radius 3 is 2.07 bits per heavy atom. The Bertz CT molecular complexity index is 909. The van der Waals surface area contributed by atoms with Crippen molar-refractivity contribution in [2.24, 2.45) is 0 Å². The second-order valence-electron chi connectivity index (χ2n) is 7.06. The summed E-state index contributed by atoms with van der Waals surface area (Å²) in [6.07, 6.45) is 2.16. The SMILES string of the molecule is CC[C@H](NC(=O)[C@H](CC)N(c1ccc(C)cc1)S(C)(=O)=O)c1ccc(OC)cc1. The zero-order chi connectivity index (χ0) is 21.6. The van der Waals surface area contributed by atoms with Crippen molar-refractivity contribution in [2.45, 2.75) is 45.7 Å². The number of carbonyl (C=O) groups is 1. The third kappa shape index (κ3) is 5.73. The van der Waals surface area contributed by atoms with Crippen LogP contribution in [0.1, 0.15) is 43.9 Å². The van der Waals surface area contributed by atoms with E-state index in [1.807, 2.05) is 57.2 Å². The van der Waals surface area contributed by atoms with Gasteiger partial charge in [-0.3, -0.25) is 9.10 Å². The zero-order valence-electron chi connectivity index (χ0n) is 17.7. The van der Waals surface area contributed by atoms with Gasteiger partial charge in [0.15, 0.2) is 0 Å². The van der Waals surface area contributed by atoms with Crippen molar-refractivity contribution in [1.82, 2.24) is 5.32 Å². The van der Waals surface area contributed by atoms with E-state index in [-0.39, 0.29) is 11.9 Å². The van der Waals surface area contributed by atoms with Gasteiger partial charge in [0.1, 0.15) is 11.8 Å². The molecule has 0 aliphatic carbocycles. The Hall–Kier alpha value is -2.54. The van der Waals surface area contributed by atoms with E-state index in [1.54, 1.807) is 19.2 Å². The number of nitrogens with one attached hydrogen (secondary N) is 1. The number of methoxy groups -OCH3 is 1. The molecule has 2 aromatic carbocycles. The van der Waals surface area contributed by atoms with Crippen molar-refractivity contribution in [1.29, 1.82) is 0 Å². The van der Waals surface area contributed by atoms with Crippen molar-refractivity contribution < 1.29 is 17.9 Å². The van der Waals surface area contributed by atoms with Crippen molar-refractivity contribution in [3.05, 3.63) is 59.7 Å². The molecule has 2 atom stereocenters. The van der Waals surface area contributed by atoms with Gasteiger partial charge in [-0.15, -0.1) is 0 Å². The number of sulfonamides is 1. The predicted molar refractivity (Wildman–Crippen MR) is 117 cm³/mol. The number of aryl methyl sites for hydroxylation is 1. The van der Waals surface area contributed by atoms with Crippen LogP contribution < -0.4 is 14.4 Å². The van der Waals surface area contributed by atoms with Crippen LogP contribution in [0.5, 0.6) is 5.75 Å². The zero-order valence-corrected chi connectivity index (χ0v) is 18.5. The highest BCUT2D eigenvalue weighted by Crippen LogP contribution is 2.25. The van der Waals surface area contributed by atoms with Crippen LogP contribution in [0, 0.1) is 6.92 Å². The van der Waals surface area contributed by atoms with Gasteiger partial charge in [-0.1, -0.05) is 43.7 Å². The second-order valence-corrected chi connectivity index (χ2v) is 8.92. The van der Waals surface area contributed by atoms with E-state index in [9.17, 15) is 13.2 Å². The molecule has 0 aliphatic heterocycles. The molecule has 0 unspecified atom stereocenters. The summed E-state index contributed by atoms with van der Waals surface area (Å²) in [4.78, 5) is 13.1. The summed E-state index contributed by atoms with van der Waals surface area (Å²) in [7, 11) is -2.05. The fraction of sp³-hybridized carbons (Fsp3) is 0.409. The summed E-state index contributed by atoms with van der Waals surface area (Å²) < 4.78 is 31.5. The van der Waals surface area contributed by atoms with Gasteiger partial charge >= 0.3 is 0 Å². The predicted octanol–water partition coefficient (Wildman–Crippen LogP) is 3.82. The van der Waals surface area contributed by atoms with Crippen LogP contribution in [0.2, 0.25) is 0 Å². The molecule has 7 heteroatoms. The molecule has 29 heavy (non-hydrogen) atoms. The van der Waals surface area contributed by atoms with Gasteiger partial charge in [-0.25, -0.2) is 8.42 Å². The third-order valence-electron chi connectivity index (χ3n) is 4.86. The summed E-state index contributed by atoms with van der Waals surface area (Å²) in [5.41, 5.74) is 2.44. The van der Waals surface area contributed by atoms with E-state index in [0.717, 1.165) is 23.1 Å². The fourth-order valence-corrected chi connectivity index (χ4v) is 4.49. The van der Waals surface area contributed by atoms with E-state index in [0.29, 0.717) is 18.5 Å². The molecular weight excluding hydrogens is 388 g/mol. The van der Waals surface area contributed by atoms with Gasteiger partial charge in [0.25, 0.3) is 0 Å². The van der Waals surface area contributed by atoms with Crippen LogP contribution in [0.3, 0.4) is 0 Å². The van der Waals surface area contributed by atoms with Crippen molar-refractivity contribution in [2.75, 3.05) is 17.7 Å². The minimum absolute atomic E-state index is 0.220. The average molecular weight is 419 g/mol. The maximum absolute atomic E-state index is 13.1. The lowest BCUT2D eigenvalue weighted by atomic mass is 10.0. The standard InChI is InChI=1S/C22H30N2O4S/c1-6-20(17-10-14-19(28-4)15-11-17)23-22(25)21(7-2)24(29(5,26)27)18-12-8-16(3)9-13-18/h8-15,20-21H,6-7H2,1-5H3,(H,23,25)/t20-,21-/m0/s1. The summed E-state index contributed by atoms with van der Waals surface area (Å²) >= 11 is 0. The van der Waals surface area contributed by atoms with Gasteiger partial charge in [-0.2, -0.15) is 0 Å². The van der Waals surface area contributed by atoms with E-state index in [4.69, 9.17) is 4.74 Å². The highest BCUT2D eigenvalue weighted by atomic mass is 32.2. The van der Waals surface area contributed by atoms with Crippen LogP contribution in [-0.2, 0) is 14.8 Å². The Morgan fingerprint density at radius 1 is 1.03 bits per heavy atom. The topological polar surface area (TPSA) is 75.7 Å². The first-order chi connectivity index (χ1) is 13.7. The number of nitrogens with zero attached hydrogens (tertiary/aromatic N) is 1. The van der Waals surface area contributed by atoms with Crippen molar-refractivity contribution in [3.63, 3.8) is 0 Å². The molecule has 1 amide bonds. The Balaban J connectivity index is 2.30. The highest BCUT2D eigenvalue weighted by Gasteiger charge is 2.32. The van der Waals surface area contributed by atoms with Crippen LogP contribution in [0.25, 0.3) is 0 Å².